The summed E-state index contributed by atoms with van der Waals surface area (Å²) in [6.45, 7) is 7.71. The molecule has 0 aliphatic heterocycles. The van der Waals surface area contributed by atoms with Crippen molar-refractivity contribution < 1.29 is 27.3 Å². The predicted octanol–water partition coefficient (Wildman–Crippen LogP) is 5.41. The van der Waals surface area contributed by atoms with E-state index in [0.29, 0.717) is 10.0 Å². The first-order chi connectivity index (χ1) is 12.2. The molecule has 8 heteroatoms. The third-order valence-corrected chi connectivity index (χ3v) is 6.27. The number of halogens is 3. The predicted molar refractivity (Wildman–Crippen MR) is 107 cm³/mol. The Morgan fingerprint density at radius 1 is 1.19 bits per heavy atom. The lowest BCUT2D eigenvalue weighted by molar-refractivity contribution is -0.155. The first-order valence-corrected chi connectivity index (χ1v) is 10.7. The fourth-order valence-electron chi connectivity index (χ4n) is 2.37. The normalized spacial score (nSPS) is 14.7. The van der Waals surface area contributed by atoms with Crippen molar-refractivity contribution in [2.24, 2.45) is 0 Å². The largest absolute Gasteiger partial charge is 0.460 e. The molecule has 0 bridgehead atoms. The van der Waals surface area contributed by atoms with Gasteiger partial charge in [-0.3, -0.25) is 9.00 Å². The van der Waals surface area contributed by atoms with Crippen molar-refractivity contribution in [2.45, 2.75) is 70.8 Å². The van der Waals surface area contributed by atoms with Gasteiger partial charge in [-0.1, -0.05) is 22.0 Å². The van der Waals surface area contributed by atoms with Gasteiger partial charge in [0.15, 0.2) is 0 Å². The van der Waals surface area contributed by atoms with Gasteiger partial charge in [0, 0.05) is 37.3 Å². The molecule has 1 aromatic rings. The third kappa shape index (κ3) is 8.25. The Bertz CT molecular complexity index is 681. The summed E-state index contributed by atoms with van der Waals surface area (Å²) in [6, 6.07) is 4.65. The van der Waals surface area contributed by atoms with Crippen LogP contribution in [0.5, 0.6) is 5.75 Å². The molecule has 2 atom stereocenters. The average Bonchev–Trinajstić information content (AvgIpc) is 2.42. The van der Waals surface area contributed by atoms with Gasteiger partial charge in [-0.15, -0.1) is 0 Å². The maximum atomic E-state index is 12.8. The Labute approximate surface area is 170 Å². The summed E-state index contributed by atoms with van der Waals surface area (Å²) in [4.78, 5) is 12.4. The zero-order valence-electron chi connectivity index (χ0n) is 16.5. The summed E-state index contributed by atoms with van der Waals surface area (Å²) >= 11 is 3.35. The van der Waals surface area contributed by atoms with Gasteiger partial charge in [0.1, 0.15) is 11.4 Å². The molecule has 0 N–H and O–H groups in total. The van der Waals surface area contributed by atoms with Crippen LogP contribution in [-0.2, 0) is 20.3 Å². The average molecular weight is 469 g/mol. The summed E-state index contributed by atoms with van der Waals surface area (Å²) in [5, 5.41) is 0. The minimum Gasteiger partial charge on any atom is -0.460 e. The molecule has 4 nitrogen and oxygen atoms in total. The molecule has 0 saturated carbocycles. The molecule has 1 rings (SSSR count). The van der Waals surface area contributed by atoms with E-state index < -0.39 is 39.6 Å². The molecular weight excluding hydrogens is 442 g/mol. The molecule has 0 aromatic heterocycles. The van der Waals surface area contributed by atoms with Gasteiger partial charge in [0.25, 0.3) is 0 Å². The third-order valence-electron chi connectivity index (χ3n) is 3.51. The van der Waals surface area contributed by atoms with Crippen molar-refractivity contribution in [1.82, 2.24) is 0 Å². The number of benzene rings is 1. The first-order valence-electron chi connectivity index (χ1n) is 8.54. The van der Waals surface area contributed by atoms with Crippen LogP contribution in [-0.4, -0.2) is 32.9 Å². The van der Waals surface area contributed by atoms with Crippen LogP contribution in [0, 0.1) is 0 Å². The van der Waals surface area contributed by atoms with Crippen LogP contribution >= 0.6 is 15.9 Å². The summed E-state index contributed by atoms with van der Waals surface area (Å²) in [5.41, 5.74) is -0.289. The van der Waals surface area contributed by atoms with Gasteiger partial charge >= 0.3 is 12.6 Å². The minimum atomic E-state index is -3.01. The van der Waals surface area contributed by atoms with Crippen LogP contribution in [0.1, 0.15) is 59.4 Å². The van der Waals surface area contributed by atoms with Gasteiger partial charge in [-0.25, -0.2) is 0 Å². The van der Waals surface area contributed by atoms with E-state index in [1.54, 1.807) is 32.9 Å². The molecule has 0 amide bonds. The van der Waals surface area contributed by atoms with E-state index in [2.05, 4.69) is 20.7 Å². The Morgan fingerprint density at radius 3 is 2.26 bits per heavy atom. The van der Waals surface area contributed by atoms with Crippen LogP contribution in [0.15, 0.2) is 22.7 Å². The van der Waals surface area contributed by atoms with E-state index in [0.717, 1.165) is 0 Å². The second-order valence-electron chi connectivity index (χ2n) is 8.14. The number of hydrogen-bond donors (Lipinski definition) is 0. The molecule has 27 heavy (non-hydrogen) atoms. The van der Waals surface area contributed by atoms with Crippen molar-refractivity contribution in [3.63, 3.8) is 0 Å². The van der Waals surface area contributed by atoms with Crippen molar-refractivity contribution in [2.75, 3.05) is 5.75 Å². The molecule has 0 heterocycles. The molecule has 0 saturated heterocycles. The van der Waals surface area contributed by atoms with E-state index in [1.165, 1.54) is 6.07 Å². The maximum Gasteiger partial charge on any atom is 0.387 e. The Morgan fingerprint density at radius 2 is 1.78 bits per heavy atom. The van der Waals surface area contributed by atoms with Crippen LogP contribution < -0.4 is 4.74 Å². The van der Waals surface area contributed by atoms with Gasteiger partial charge in [0.05, 0.1) is 6.42 Å². The molecule has 154 valence electrons. The summed E-state index contributed by atoms with van der Waals surface area (Å²) in [5.74, 6) is -1.02. The van der Waals surface area contributed by atoms with E-state index in [-0.39, 0.29) is 17.9 Å². The highest BCUT2D eigenvalue weighted by Gasteiger charge is 2.31. The zero-order chi connectivity index (χ0) is 21.0. The SMILES string of the molecule is CC(C)(C)OC(=O)C[C@@H](C[S@@](=O)C(C)(C)C)c1c(Br)cccc1OC(F)F. The van der Waals surface area contributed by atoms with Gasteiger partial charge in [0.2, 0.25) is 0 Å². The van der Waals surface area contributed by atoms with E-state index >= 15 is 0 Å². The quantitative estimate of drug-likeness (QED) is 0.501. The lowest BCUT2D eigenvalue weighted by atomic mass is 9.96. The molecule has 0 spiro atoms. The second kappa shape index (κ2) is 9.45. The number of carbonyl (C=O) groups excluding carboxylic acids is 1. The molecule has 0 aliphatic rings. The van der Waals surface area contributed by atoms with Crippen molar-refractivity contribution in [3.8, 4) is 5.75 Å². The number of alkyl halides is 2. The van der Waals surface area contributed by atoms with E-state index in [4.69, 9.17) is 4.74 Å². The molecular formula is C19H27BrF2O4S. The Balaban J connectivity index is 3.29. The lowest BCUT2D eigenvalue weighted by Gasteiger charge is -2.26. The first kappa shape index (κ1) is 24.0. The Hall–Kier alpha value is -1.02. The van der Waals surface area contributed by atoms with Crippen LogP contribution in [0.4, 0.5) is 8.78 Å². The fraction of sp³-hybridized carbons (Fsp3) is 0.632. The summed E-state index contributed by atoms with van der Waals surface area (Å²) < 4.78 is 48.4. The number of rotatable bonds is 7. The van der Waals surface area contributed by atoms with E-state index in [9.17, 15) is 17.8 Å². The highest BCUT2D eigenvalue weighted by atomic mass is 79.9. The van der Waals surface area contributed by atoms with Crippen LogP contribution in [0.3, 0.4) is 0 Å². The van der Waals surface area contributed by atoms with E-state index in [1.807, 2.05) is 20.8 Å². The molecule has 0 aliphatic carbocycles. The zero-order valence-corrected chi connectivity index (χ0v) is 18.9. The smallest absolute Gasteiger partial charge is 0.387 e. The standard InChI is InChI=1S/C19H27BrF2O4S/c1-18(2,3)26-15(23)10-12(11-27(24)19(4,5)6)16-13(20)8-7-9-14(16)25-17(21)22/h7-9,12,17H,10-11H2,1-6H3/t12-,27+/m0/s1. The number of ether oxygens (including phenoxy) is 2. The highest BCUT2D eigenvalue weighted by molar-refractivity contribution is 9.10. The summed E-state index contributed by atoms with van der Waals surface area (Å²) in [6.07, 6.45) is -0.0959. The monoisotopic (exact) mass is 468 g/mol. The molecule has 0 fully saturated rings. The highest BCUT2D eigenvalue weighted by Crippen LogP contribution is 2.38. The number of hydrogen-bond acceptors (Lipinski definition) is 4. The number of esters is 1. The molecule has 0 unspecified atom stereocenters. The Kier molecular flexibility index (Phi) is 8.41. The second-order valence-corrected chi connectivity index (χ2v) is 11.2. The molecule has 0 radical (unpaired) electrons. The van der Waals surface area contributed by atoms with Gasteiger partial charge in [-0.05, 0) is 53.7 Å². The fourth-order valence-corrected chi connectivity index (χ4v) is 4.20. The minimum absolute atomic E-state index is 0.0427. The molecule has 1 aromatic carbocycles. The van der Waals surface area contributed by atoms with Crippen molar-refractivity contribution in [1.29, 1.82) is 0 Å². The van der Waals surface area contributed by atoms with Crippen molar-refractivity contribution in [3.05, 3.63) is 28.2 Å². The van der Waals surface area contributed by atoms with Crippen LogP contribution in [0.25, 0.3) is 0 Å². The van der Waals surface area contributed by atoms with Crippen LogP contribution in [0.2, 0.25) is 0 Å². The number of carbonyl (C=O) groups is 1. The maximum absolute atomic E-state index is 12.8. The topological polar surface area (TPSA) is 52.6 Å². The van der Waals surface area contributed by atoms with Gasteiger partial charge in [-0.2, -0.15) is 8.78 Å². The summed E-state index contributed by atoms with van der Waals surface area (Å²) in [7, 11) is -1.31. The van der Waals surface area contributed by atoms with Crippen molar-refractivity contribution >= 4 is 32.7 Å². The lowest BCUT2D eigenvalue weighted by Crippen LogP contribution is -2.30. The van der Waals surface area contributed by atoms with Gasteiger partial charge < -0.3 is 9.47 Å².